The van der Waals surface area contributed by atoms with E-state index in [1.165, 1.54) is 0 Å². The Morgan fingerprint density at radius 2 is 2.05 bits per heavy atom. The van der Waals surface area contributed by atoms with Crippen molar-refractivity contribution in [3.63, 3.8) is 0 Å². The van der Waals surface area contributed by atoms with Crippen molar-refractivity contribution in [1.82, 2.24) is 9.97 Å². The van der Waals surface area contributed by atoms with Crippen LogP contribution in [0.25, 0.3) is 21.8 Å². The summed E-state index contributed by atoms with van der Waals surface area (Å²) in [4.78, 5) is 19.6. The summed E-state index contributed by atoms with van der Waals surface area (Å²) in [6, 6.07) is 5.58. The van der Waals surface area contributed by atoms with Crippen LogP contribution in [0.2, 0.25) is 5.02 Å². The van der Waals surface area contributed by atoms with E-state index in [0.717, 1.165) is 21.8 Å². The zero-order chi connectivity index (χ0) is 15.2. The number of nitrogens with zero attached hydrogens (tertiary/aromatic N) is 1. The minimum atomic E-state index is -0.470. The monoisotopic (exact) mass is 301 g/mol. The van der Waals surface area contributed by atoms with Crippen LogP contribution in [-0.4, -0.2) is 15.9 Å². The number of aromatic amines is 1. The molecule has 21 heavy (non-hydrogen) atoms. The van der Waals surface area contributed by atoms with Crippen molar-refractivity contribution in [2.45, 2.75) is 20.8 Å². The van der Waals surface area contributed by atoms with E-state index in [9.17, 15) is 4.79 Å². The molecular weight excluding hydrogens is 286 g/mol. The molecule has 2 aromatic heterocycles. The second kappa shape index (κ2) is 4.74. The molecule has 0 atom stereocenters. The van der Waals surface area contributed by atoms with E-state index in [0.29, 0.717) is 10.7 Å². The number of H-pyrrole nitrogens is 1. The number of nitrogens with one attached hydrogen (secondary N) is 2. The maximum Gasteiger partial charge on any atom is 0.229 e. The molecule has 2 heterocycles. The Balaban J connectivity index is 2.21. The maximum absolute atomic E-state index is 12.2. The third-order valence-electron chi connectivity index (χ3n) is 3.40. The Morgan fingerprint density at radius 1 is 1.29 bits per heavy atom. The van der Waals surface area contributed by atoms with Gasteiger partial charge in [0.15, 0.2) is 0 Å². The highest BCUT2D eigenvalue weighted by atomic mass is 35.5. The number of halogens is 1. The SMILES string of the molecule is CC(C)(C)C(=O)Nc1cc(Cl)cc2c1[nH]c1cnccc12. The highest BCUT2D eigenvalue weighted by Crippen LogP contribution is 2.33. The minimum absolute atomic E-state index is 0.0529. The van der Waals surface area contributed by atoms with Gasteiger partial charge >= 0.3 is 0 Å². The van der Waals surface area contributed by atoms with E-state index in [-0.39, 0.29) is 5.91 Å². The first-order chi connectivity index (χ1) is 9.86. The van der Waals surface area contributed by atoms with Gasteiger partial charge in [0.2, 0.25) is 5.91 Å². The largest absolute Gasteiger partial charge is 0.352 e. The highest BCUT2D eigenvalue weighted by Gasteiger charge is 2.22. The lowest BCUT2D eigenvalue weighted by molar-refractivity contribution is -0.123. The smallest absolute Gasteiger partial charge is 0.229 e. The molecule has 5 heteroatoms. The quantitative estimate of drug-likeness (QED) is 0.702. The van der Waals surface area contributed by atoms with Crippen LogP contribution < -0.4 is 5.32 Å². The number of carbonyl (C=O) groups excluding carboxylic acids is 1. The Labute approximate surface area is 127 Å². The molecule has 0 fully saturated rings. The summed E-state index contributed by atoms with van der Waals surface area (Å²) in [5.41, 5.74) is 2.00. The molecule has 0 aliphatic heterocycles. The standard InChI is InChI=1S/C16H16ClN3O/c1-16(2,3)15(21)20-12-7-9(17)6-11-10-4-5-18-8-13(10)19-14(11)12/h4-8,19H,1-3H3,(H,20,21). The first-order valence-corrected chi connectivity index (χ1v) is 7.10. The fraction of sp³-hybridized carbons (Fsp3) is 0.250. The van der Waals surface area contributed by atoms with Crippen LogP contribution in [-0.2, 0) is 4.79 Å². The minimum Gasteiger partial charge on any atom is -0.352 e. The molecule has 0 spiro atoms. The Hall–Kier alpha value is -2.07. The lowest BCUT2D eigenvalue weighted by Crippen LogP contribution is -2.27. The van der Waals surface area contributed by atoms with Gasteiger partial charge in [-0.2, -0.15) is 0 Å². The Bertz CT molecular complexity index is 846. The number of carbonyl (C=O) groups is 1. The first kappa shape index (κ1) is 13.9. The molecule has 2 N–H and O–H groups in total. The summed E-state index contributed by atoms with van der Waals surface area (Å²) in [6.45, 7) is 5.62. The van der Waals surface area contributed by atoms with E-state index >= 15 is 0 Å². The number of hydrogen-bond donors (Lipinski definition) is 2. The van der Waals surface area contributed by atoms with Crippen molar-refractivity contribution < 1.29 is 4.79 Å². The van der Waals surface area contributed by atoms with Crippen LogP contribution in [0.4, 0.5) is 5.69 Å². The van der Waals surface area contributed by atoms with Crippen molar-refractivity contribution in [3.05, 3.63) is 35.6 Å². The number of pyridine rings is 1. The van der Waals surface area contributed by atoms with Gasteiger partial charge in [0.05, 0.1) is 22.9 Å². The van der Waals surface area contributed by atoms with Crippen LogP contribution >= 0.6 is 11.6 Å². The van der Waals surface area contributed by atoms with Crippen molar-refractivity contribution in [2.75, 3.05) is 5.32 Å². The predicted octanol–water partition coefficient (Wildman–Crippen LogP) is 4.35. The number of anilines is 1. The molecule has 0 saturated heterocycles. The molecule has 4 nitrogen and oxygen atoms in total. The summed E-state index contributed by atoms with van der Waals surface area (Å²) < 4.78 is 0. The van der Waals surface area contributed by atoms with Crippen LogP contribution in [0, 0.1) is 5.41 Å². The molecule has 1 amide bonds. The van der Waals surface area contributed by atoms with Gasteiger partial charge in [0.25, 0.3) is 0 Å². The maximum atomic E-state index is 12.2. The second-order valence-corrected chi connectivity index (χ2v) is 6.56. The van der Waals surface area contributed by atoms with Crippen LogP contribution in [0.5, 0.6) is 0 Å². The molecule has 0 saturated carbocycles. The van der Waals surface area contributed by atoms with Gasteiger partial charge in [0.1, 0.15) is 0 Å². The number of amides is 1. The third-order valence-corrected chi connectivity index (χ3v) is 3.62. The number of fused-ring (bicyclic) bond motifs is 3. The van der Waals surface area contributed by atoms with E-state index in [1.54, 1.807) is 18.5 Å². The van der Waals surface area contributed by atoms with Gasteiger partial charge in [0, 0.05) is 27.4 Å². The number of aromatic nitrogens is 2. The highest BCUT2D eigenvalue weighted by molar-refractivity contribution is 6.32. The molecule has 0 aliphatic rings. The van der Waals surface area contributed by atoms with Crippen molar-refractivity contribution in [3.8, 4) is 0 Å². The molecule has 0 bridgehead atoms. The average molecular weight is 302 g/mol. The van der Waals surface area contributed by atoms with Gasteiger partial charge < -0.3 is 10.3 Å². The van der Waals surface area contributed by atoms with E-state index < -0.39 is 5.41 Å². The summed E-state index contributed by atoms with van der Waals surface area (Å²) in [5, 5.41) is 5.55. The zero-order valence-electron chi connectivity index (χ0n) is 12.1. The molecule has 3 aromatic rings. The van der Waals surface area contributed by atoms with Gasteiger partial charge in [-0.25, -0.2) is 0 Å². The van der Waals surface area contributed by atoms with Gasteiger partial charge in [-0.15, -0.1) is 0 Å². The van der Waals surface area contributed by atoms with Crippen molar-refractivity contribution in [1.29, 1.82) is 0 Å². The van der Waals surface area contributed by atoms with E-state index in [4.69, 9.17) is 11.6 Å². The number of rotatable bonds is 1. The molecule has 0 radical (unpaired) electrons. The third kappa shape index (κ3) is 2.47. The molecular formula is C16H16ClN3O. The number of benzene rings is 1. The topological polar surface area (TPSA) is 57.8 Å². The molecule has 108 valence electrons. The van der Waals surface area contributed by atoms with E-state index in [2.05, 4.69) is 15.3 Å². The summed E-state index contributed by atoms with van der Waals surface area (Å²) in [5.74, 6) is -0.0529. The van der Waals surface area contributed by atoms with Gasteiger partial charge in [-0.3, -0.25) is 9.78 Å². The summed E-state index contributed by atoms with van der Waals surface area (Å²) >= 11 is 6.20. The predicted molar refractivity (Wildman–Crippen MR) is 86.7 cm³/mol. The second-order valence-electron chi connectivity index (χ2n) is 6.13. The van der Waals surface area contributed by atoms with Crippen molar-refractivity contribution >= 4 is 45.0 Å². The van der Waals surface area contributed by atoms with Gasteiger partial charge in [-0.05, 0) is 18.2 Å². The van der Waals surface area contributed by atoms with Crippen LogP contribution in [0.1, 0.15) is 20.8 Å². The number of hydrogen-bond acceptors (Lipinski definition) is 2. The first-order valence-electron chi connectivity index (χ1n) is 6.72. The summed E-state index contributed by atoms with van der Waals surface area (Å²) in [6.07, 6.45) is 3.50. The van der Waals surface area contributed by atoms with E-state index in [1.807, 2.05) is 32.9 Å². The lowest BCUT2D eigenvalue weighted by atomic mass is 9.95. The zero-order valence-corrected chi connectivity index (χ0v) is 12.9. The van der Waals surface area contributed by atoms with Crippen LogP contribution in [0.3, 0.4) is 0 Å². The van der Waals surface area contributed by atoms with Crippen molar-refractivity contribution in [2.24, 2.45) is 5.41 Å². The fourth-order valence-electron chi connectivity index (χ4n) is 2.23. The van der Waals surface area contributed by atoms with Crippen LogP contribution in [0.15, 0.2) is 30.6 Å². The molecule has 1 aromatic carbocycles. The average Bonchev–Trinajstić information content (AvgIpc) is 2.76. The normalized spacial score (nSPS) is 12.0. The molecule has 0 unspecified atom stereocenters. The molecule has 0 aliphatic carbocycles. The summed E-state index contributed by atoms with van der Waals surface area (Å²) in [7, 11) is 0. The Kier molecular flexibility index (Phi) is 3.14. The fourth-order valence-corrected chi connectivity index (χ4v) is 2.44. The van der Waals surface area contributed by atoms with Gasteiger partial charge in [-0.1, -0.05) is 32.4 Å². The Morgan fingerprint density at radius 3 is 2.76 bits per heavy atom. The molecule has 3 rings (SSSR count). The lowest BCUT2D eigenvalue weighted by Gasteiger charge is -2.18.